The lowest BCUT2D eigenvalue weighted by Crippen LogP contribution is -2.45. The van der Waals surface area contributed by atoms with Gasteiger partial charge < -0.3 is 15.3 Å². The molecule has 2 atom stereocenters. The van der Waals surface area contributed by atoms with Gasteiger partial charge in [0.15, 0.2) is 0 Å². The molecule has 0 aliphatic heterocycles. The summed E-state index contributed by atoms with van der Waals surface area (Å²) < 4.78 is 0. The number of hydrogen-bond acceptors (Lipinski definition) is 3. The summed E-state index contributed by atoms with van der Waals surface area (Å²) in [5, 5.41) is 12.8. The molecule has 1 saturated carbocycles. The first-order valence-corrected chi connectivity index (χ1v) is 6.55. The molecule has 0 radical (unpaired) electrons. The second kappa shape index (κ2) is 5.99. The van der Waals surface area contributed by atoms with Gasteiger partial charge in [0, 0.05) is 25.2 Å². The van der Waals surface area contributed by atoms with Crippen molar-refractivity contribution >= 4 is 0 Å². The zero-order valence-electron chi connectivity index (χ0n) is 11.3. The Morgan fingerprint density at radius 3 is 2.56 bits per heavy atom. The molecular weight excluding hydrogens is 200 g/mol. The minimum atomic E-state index is 0.242. The third kappa shape index (κ3) is 4.40. The van der Waals surface area contributed by atoms with E-state index in [2.05, 4.69) is 38.0 Å². The number of nitrogens with zero attached hydrogens (tertiary/aromatic N) is 1. The van der Waals surface area contributed by atoms with Gasteiger partial charge in [0.05, 0.1) is 6.61 Å². The van der Waals surface area contributed by atoms with E-state index in [0.29, 0.717) is 5.41 Å². The zero-order valence-corrected chi connectivity index (χ0v) is 11.3. The van der Waals surface area contributed by atoms with Gasteiger partial charge in [-0.1, -0.05) is 13.8 Å². The van der Waals surface area contributed by atoms with Crippen molar-refractivity contribution < 1.29 is 5.11 Å². The topological polar surface area (TPSA) is 35.5 Å². The summed E-state index contributed by atoms with van der Waals surface area (Å²) in [4.78, 5) is 2.26. The Labute approximate surface area is 100 Å². The van der Waals surface area contributed by atoms with Gasteiger partial charge >= 0.3 is 0 Å². The average Bonchev–Trinajstić information content (AvgIpc) is 3.09. The molecule has 0 amide bonds. The van der Waals surface area contributed by atoms with Crippen molar-refractivity contribution in [2.45, 2.75) is 52.1 Å². The van der Waals surface area contributed by atoms with Crippen LogP contribution in [0.2, 0.25) is 0 Å². The highest BCUT2D eigenvalue weighted by atomic mass is 16.3. The molecule has 2 unspecified atom stereocenters. The van der Waals surface area contributed by atoms with E-state index in [1.165, 1.54) is 19.3 Å². The predicted octanol–water partition coefficient (Wildman–Crippen LogP) is 1.47. The van der Waals surface area contributed by atoms with Gasteiger partial charge in [-0.15, -0.1) is 0 Å². The van der Waals surface area contributed by atoms with E-state index < -0.39 is 0 Å². The van der Waals surface area contributed by atoms with Gasteiger partial charge in [-0.3, -0.25) is 0 Å². The molecule has 1 fully saturated rings. The molecule has 3 heteroatoms. The molecule has 16 heavy (non-hydrogen) atoms. The first kappa shape index (κ1) is 13.9. The normalized spacial score (nSPS) is 22.1. The average molecular weight is 228 g/mol. The molecule has 0 saturated heterocycles. The van der Waals surface area contributed by atoms with Crippen LogP contribution in [-0.2, 0) is 0 Å². The summed E-state index contributed by atoms with van der Waals surface area (Å²) in [5.74, 6) is 0. The number of aliphatic hydroxyl groups excluding tert-OH is 1. The van der Waals surface area contributed by atoms with Crippen molar-refractivity contribution in [3.8, 4) is 0 Å². The van der Waals surface area contributed by atoms with E-state index in [1.807, 2.05) is 0 Å². The largest absolute Gasteiger partial charge is 0.395 e. The van der Waals surface area contributed by atoms with Crippen LogP contribution in [0, 0.1) is 5.41 Å². The highest BCUT2D eigenvalue weighted by Gasteiger charge is 2.29. The monoisotopic (exact) mass is 228 g/mol. The highest BCUT2D eigenvalue weighted by molar-refractivity contribution is 4.86. The van der Waals surface area contributed by atoms with Crippen LogP contribution in [-0.4, -0.2) is 48.8 Å². The Hall–Kier alpha value is -0.120. The van der Waals surface area contributed by atoms with Crippen molar-refractivity contribution in [2.75, 3.05) is 26.7 Å². The maximum absolute atomic E-state index is 9.15. The van der Waals surface area contributed by atoms with Gasteiger partial charge in [0.1, 0.15) is 0 Å². The van der Waals surface area contributed by atoms with E-state index in [4.69, 9.17) is 5.11 Å². The maximum atomic E-state index is 9.15. The van der Waals surface area contributed by atoms with Crippen molar-refractivity contribution in [3.05, 3.63) is 0 Å². The van der Waals surface area contributed by atoms with Gasteiger partial charge in [-0.2, -0.15) is 0 Å². The fraction of sp³-hybridized carbons (Fsp3) is 1.00. The molecule has 1 rings (SSSR count). The summed E-state index contributed by atoms with van der Waals surface area (Å²) in [6.07, 6.45) is 3.88. The smallest absolute Gasteiger partial charge is 0.0584 e. The van der Waals surface area contributed by atoms with Crippen molar-refractivity contribution in [3.63, 3.8) is 0 Å². The lowest BCUT2D eigenvalue weighted by Gasteiger charge is -2.35. The summed E-state index contributed by atoms with van der Waals surface area (Å²) in [5.41, 5.74) is 0.320. The number of aliphatic hydroxyl groups is 1. The van der Waals surface area contributed by atoms with E-state index in [0.717, 1.165) is 19.1 Å². The first-order valence-electron chi connectivity index (χ1n) is 6.55. The minimum absolute atomic E-state index is 0.242. The lowest BCUT2D eigenvalue weighted by molar-refractivity contribution is 0.107. The fourth-order valence-electron chi connectivity index (χ4n) is 1.87. The number of rotatable bonds is 8. The maximum Gasteiger partial charge on any atom is 0.0584 e. The van der Waals surface area contributed by atoms with Gasteiger partial charge in [0.2, 0.25) is 0 Å². The van der Waals surface area contributed by atoms with Crippen LogP contribution in [0.3, 0.4) is 0 Å². The third-order valence-electron chi connectivity index (χ3n) is 3.90. The number of nitrogens with one attached hydrogen (secondary N) is 1. The first-order chi connectivity index (χ1) is 7.50. The summed E-state index contributed by atoms with van der Waals surface area (Å²) in [6.45, 7) is 9.05. The van der Waals surface area contributed by atoms with Crippen LogP contribution in [0.25, 0.3) is 0 Å². The predicted molar refractivity (Wildman–Crippen MR) is 68.6 cm³/mol. The zero-order chi connectivity index (χ0) is 12.2. The summed E-state index contributed by atoms with van der Waals surface area (Å²) in [6, 6.07) is 1.04. The quantitative estimate of drug-likeness (QED) is 0.660. The number of hydrogen-bond donors (Lipinski definition) is 2. The van der Waals surface area contributed by atoms with E-state index in [-0.39, 0.29) is 12.6 Å². The molecule has 2 N–H and O–H groups in total. The molecule has 0 aromatic carbocycles. The van der Waals surface area contributed by atoms with Gasteiger partial charge in [-0.25, -0.2) is 0 Å². The molecule has 0 aromatic heterocycles. The molecule has 1 aliphatic rings. The van der Waals surface area contributed by atoms with E-state index >= 15 is 0 Å². The Bertz CT molecular complexity index is 206. The van der Waals surface area contributed by atoms with Crippen LogP contribution in [0.15, 0.2) is 0 Å². The molecule has 0 heterocycles. The second-order valence-electron chi connectivity index (χ2n) is 5.77. The summed E-state index contributed by atoms with van der Waals surface area (Å²) >= 11 is 0. The lowest BCUT2D eigenvalue weighted by atomic mass is 9.86. The van der Waals surface area contributed by atoms with Crippen LogP contribution < -0.4 is 5.32 Å². The standard InChI is InChI=1S/C13H28N2O/c1-5-13(3,9-14-12-6-7-12)10-15(4)11(2)8-16/h11-12,14,16H,5-10H2,1-4H3. The Balaban J connectivity index is 2.37. The van der Waals surface area contributed by atoms with Gasteiger partial charge in [0.25, 0.3) is 0 Å². The Morgan fingerprint density at radius 2 is 2.12 bits per heavy atom. The molecule has 0 spiro atoms. The Kier molecular flexibility index (Phi) is 5.22. The third-order valence-corrected chi connectivity index (χ3v) is 3.90. The molecule has 1 aliphatic carbocycles. The minimum Gasteiger partial charge on any atom is -0.395 e. The molecule has 0 bridgehead atoms. The van der Waals surface area contributed by atoms with E-state index in [1.54, 1.807) is 0 Å². The summed E-state index contributed by atoms with van der Waals surface area (Å²) in [7, 11) is 2.10. The van der Waals surface area contributed by atoms with Crippen LogP contribution in [0.4, 0.5) is 0 Å². The molecular formula is C13H28N2O. The molecule has 0 aromatic rings. The van der Waals surface area contributed by atoms with Crippen LogP contribution in [0.1, 0.15) is 40.0 Å². The highest BCUT2D eigenvalue weighted by Crippen LogP contribution is 2.25. The van der Waals surface area contributed by atoms with Crippen LogP contribution >= 0.6 is 0 Å². The molecule has 96 valence electrons. The second-order valence-corrected chi connectivity index (χ2v) is 5.77. The fourth-order valence-corrected chi connectivity index (χ4v) is 1.87. The SMILES string of the molecule is CCC(C)(CNC1CC1)CN(C)C(C)CO. The van der Waals surface area contributed by atoms with E-state index in [9.17, 15) is 0 Å². The van der Waals surface area contributed by atoms with Crippen molar-refractivity contribution in [1.29, 1.82) is 0 Å². The van der Waals surface area contributed by atoms with Crippen molar-refractivity contribution in [1.82, 2.24) is 10.2 Å². The van der Waals surface area contributed by atoms with Crippen molar-refractivity contribution in [2.24, 2.45) is 5.41 Å². The van der Waals surface area contributed by atoms with Gasteiger partial charge in [-0.05, 0) is 38.6 Å². The molecule has 3 nitrogen and oxygen atoms in total. The number of likely N-dealkylation sites (N-methyl/N-ethyl adjacent to an activating group) is 1. The Morgan fingerprint density at radius 1 is 1.50 bits per heavy atom. The van der Waals surface area contributed by atoms with Crippen LogP contribution in [0.5, 0.6) is 0 Å².